The molecule has 2 rings (SSSR count). The molecule has 80 valence electrons. The molecule has 2 aromatic rings. The Morgan fingerprint density at radius 2 is 2.40 bits per heavy atom. The topological polar surface area (TPSA) is 29.9 Å². The molecule has 0 atom stereocenters. The van der Waals surface area contributed by atoms with Gasteiger partial charge in [0.25, 0.3) is 0 Å². The summed E-state index contributed by atoms with van der Waals surface area (Å²) in [5, 5.41) is 11.8. The summed E-state index contributed by atoms with van der Waals surface area (Å²) >= 11 is 1.76. The van der Waals surface area contributed by atoms with E-state index in [4.69, 9.17) is 0 Å². The van der Waals surface area contributed by atoms with Crippen LogP contribution in [0.1, 0.15) is 11.1 Å². The van der Waals surface area contributed by atoms with E-state index >= 15 is 0 Å². The third kappa shape index (κ3) is 3.18. The molecular weight excluding hydrogens is 206 g/mol. The highest BCUT2D eigenvalue weighted by Gasteiger charge is 1.96. The third-order valence-corrected chi connectivity index (χ3v) is 2.99. The van der Waals surface area contributed by atoms with Crippen LogP contribution < -0.4 is 5.32 Å². The summed E-state index contributed by atoms with van der Waals surface area (Å²) in [5.74, 6) is 0. The molecule has 2 aromatic heterocycles. The smallest absolute Gasteiger partial charge is 0.0534 e. The molecule has 1 N–H and O–H groups in total. The van der Waals surface area contributed by atoms with Gasteiger partial charge in [-0.3, -0.25) is 4.68 Å². The van der Waals surface area contributed by atoms with Crippen molar-refractivity contribution in [1.82, 2.24) is 15.1 Å². The predicted octanol–water partition coefficient (Wildman–Crippen LogP) is 1.81. The van der Waals surface area contributed by atoms with Crippen LogP contribution in [0.15, 0.2) is 29.2 Å². The van der Waals surface area contributed by atoms with Gasteiger partial charge in [-0.15, -0.1) is 0 Å². The molecule has 0 aromatic carbocycles. The summed E-state index contributed by atoms with van der Waals surface area (Å²) in [5.41, 5.74) is 2.65. The molecule has 0 saturated heterocycles. The molecule has 0 aliphatic rings. The normalized spacial score (nSPS) is 10.7. The van der Waals surface area contributed by atoms with Gasteiger partial charge < -0.3 is 5.32 Å². The van der Waals surface area contributed by atoms with Crippen LogP contribution in [0.25, 0.3) is 0 Å². The van der Waals surface area contributed by atoms with E-state index in [9.17, 15) is 0 Å². The molecule has 0 fully saturated rings. The van der Waals surface area contributed by atoms with E-state index in [0.717, 1.165) is 19.5 Å². The van der Waals surface area contributed by atoms with Gasteiger partial charge in [-0.05, 0) is 35.4 Å². The predicted molar refractivity (Wildman–Crippen MR) is 62.9 cm³/mol. The number of hydrogen-bond donors (Lipinski definition) is 1. The van der Waals surface area contributed by atoms with Crippen molar-refractivity contribution < 1.29 is 0 Å². The second kappa shape index (κ2) is 5.09. The van der Waals surface area contributed by atoms with E-state index in [-0.39, 0.29) is 0 Å². The number of aromatic nitrogens is 2. The van der Waals surface area contributed by atoms with Gasteiger partial charge in [0.1, 0.15) is 0 Å². The molecule has 0 bridgehead atoms. The number of aryl methyl sites for hydroxylation is 1. The highest BCUT2D eigenvalue weighted by atomic mass is 32.1. The highest BCUT2D eigenvalue weighted by molar-refractivity contribution is 7.07. The van der Waals surface area contributed by atoms with Gasteiger partial charge in [0.2, 0.25) is 0 Å². The van der Waals surface area contributed by atoms with Crippen molar-refractivity contribution in [3.8, 4) is 0 Å². The molecule has 0 saturated carbocycles. The fourth-order valence-corrected chi connectivity index (χ4v) is 2.17. The number of nitrogens with one attached hydrogen (secondary N) is 1. The van der Waals surface area contributed by atoms with Crippen molar-refractivity contribution in [1.29, 1.82) is 0 Å². The molecule has 0 amide bonds. The maximum atomic E-state index is 4.12. The van der Waals surface area contributed by atoms with Gasteiger partial charge in [-0.2, -0.15) is 16.4 Å². The van der Waals surface area contributed by atoms with Crippen LogP contribution in [0, 0.1) is 0 Å². The van der Waals surface area contributed by atoms with Crippen LogP contribution in [0.5, 0.6) is 0 Å². The number of nitrogens with zero attached hydrogens (tertiary/aromatic N) is 2. The SMILES string of the molecule is Cn1cc(CNCCc2ccsc2)cn1. The Bertz CT molecular complexity index is 392. The van der Waals surface area contributed by atoms with Crippen LogP contribution in [-0.4, -0.2) is 16.3 Å². The molecular formula is C11H15N3S. The minimum Gasteiger partial charge on any atom is -0.312 e. The minimum absolute atomic E-state index is 0.901. The van der Waals surface area contributed by atoms with Crippen LogP contribution >= 0.6 is 11.3 Å². The fraction of sp³-hybridized carbons (Fsp3) is 0.364. The van der Waals surface area contributed by atoms with E-state index in [1.807, 2.05) is 24.1 Å². The van der Waals surface area contributed by atoms with E-state index in [1.165, 1.54) is 11.1 Å². The summed E-state index contributed by atoms with van der Waals surface area (Å²) < 4.78 is 1.83. The van der Waals surface area contributed by atoms with Gasteiger partial charge in [0.15, 0.2) is 0 Å². The highest BCUT2D eigenvalue weighted by Crippen LogP contribution is 2.05. The van der Waals surface area contributed by atoms with E-state index in [1.54, 1.807) is 11.3 Å². The number of rotatable bonds is 5. The lowest BCUT2D eigenvalue weighted by atomic mass is 10.2. The Morgan fingerprint density at radius 3 is 3.07 bits per heavy atom. The van der Waals surface area contributed by atoms with Crippen molar-refractivity contribution in [2.24, 2.45) is 7.05 Å². The second-order valence-corrected chi connectivity index (χ2v) is 4.36. The Morgan fingerprint density at radius 1 is 1.47 bits per heavy atom. The van der Waals surface area contributed by atoms with Gasteiger partial charge >= 0.3 is 0 Å². The zero-order chi connectivity index (χ0) is 10.5. The van der Waals surface area contributed by atoms with Gasteiger partial charge in [0.05, 0.1) is 6.20 Å². The number of thiophene rings is 1. The van der Waals surface area contributed by atoms with E-state index < -0.39 is 0 Å². The van der Waals surface area contributed by atoms with Gasteiger partial charge in [0, 0.05) is 25.4 Å². The molecule has 2 heterocycles. The summed E-state index contributed by atoms with van der Waals surface area (Å²) in [7, 11) is 1.94. The standard InChI is InChI=1S/C11H15N3S/c1-14-8-11(7-13-14)6-12-4-2-10-3-5-15-9-10/h3,5,7-9,12H,2,4,6H2,1H3. The van der Waals surface area contributed by atoms with E-state index in [2.05, 4.69) is 27.2 Å². The first-order valence-electron chi connectivity index (χ1n) is 5.04. The third-order valence-electron chi connectivity index (χ3n) is 2.26. The molecule has 0 aliphatic carbocycles. The average Bonchev–Trinajstić information content (AvgIpc) is 2.84. The summed E-state index contributed by atoms with van der Waals surface area (Å²) in [6.45, 7) is 1.92. The molecule has 0 aliphatic heterocycles. The van der Waals surface area contributed by atoms with Crippen molar-refractivity contribution in [3.05, 3.63) is 40.3 Å². The zero-order valence-corrected chi connectivity index (χ0v) is 9.63. The maximum Gasteiger partial charge on any atom is 0.0534 e. The lowest BCUT2D eigenvalue weighted by Crippen LogP contribution is -2.16. The zero-order valence-electron chi connectivity index (χ0n) is 8.81. The van der Waals surface area contributed by atoms with Gasteiger partial charge in [-0.1, -0.05) is 0 Å². The maximum absolute atomic E-state index is 4.12. The van der Waals surface area contributed by atoms with Gasteiger partial charge in [-0.25, -0.2) is 0 Å². The minimum atomic E-state index is 0.901. The molecule has 0 unspecified atom stereocenters. The fourth-order valence-electron chi connectivity index (χ4n) is 1.46. The first kappa shape index (κ1) is 10.4. The van der Waals surface area contributed by atoms with Crippen molar-refractivity contribution in [2.75, 3.05) is 6.54 Å². The van der Waals surface area contributed by atoms with Crippen molar-refractivity contribution in [3.63, 3.8) is 0 Å². The second-order valence-electron chi connectivity index (χ2n) is 3.58. The summed E-state index contributed by atoms with van der Waals surface area (Å²) in [6, 6.07) is 2.18. The monoisotopic (exact) mass is 221 g/mol. The average molecular weight is 221 g/mol. The Labute approximate surface area is 93.7 Å². The van der Waals surface area contributed by atoms with Crippen molar-refractivity contribution >= 4 is 11.3 Å². The van der Waals surface area contributed by atoms with Crippen LogP contribution in [0.4, 0.5) is 0 Å². The van der Waals surface area contributed by atoms with Crippen molar-refractivity contribution in [2.45, 2.75) is 13.0 Å². The first-order valence-corrected chi connectivity index (χ1v) is 5.98. The Hall–Kier alpha value is -1.13. The lowest BCUT2D eigenvalue weighted by Gasteiger charge is -2.00. The number of hydrogen-bond acceptors (Lipinski definition) is 3. The molecule has 0 radical (unpaired) electrons. The Kier molecular flexibility index (Phi) is 3.53. The largest absolute Gasteiger partial charge is 0.312 e. The lowest BCUT2D eigenvalue weighted by molar-refractivity contribution is 0.686. The van der Waals surface area contributed by atoms with E-state index in [0.29, 0.717) is 0 Å². The Balaban J connectivity index is 1.67. The molecule has 0 spiro atoms. The first-order chi connectivity index (χ1) is 7.34. The van der Waals surface area contributed by atoms with Crippen LogP contribution in [0.2, 0.25) is 0 Å². The molecule has 4 heteroatoms. The quantitative estimate of drug-likeness (QED) is 0.780. The van der Waals surface area contributed by atoms with Crippen LogP contribution in [0.3, 0.4) is 0 Å². The molecule has 15 heavy (non-hydrogen) atoms. The molecule has 3 nitrogen and oxygen atoms in total. The van der Waals surface area contributed by atoms with Crippen LogP contribution in [-0.2, 0) is 20.0 Å². The summed E-state index contributed by atoms with van der Waals surface area (Å²) in [4.78, 5) is 0. The summed E-state index contributed by atoms with van der Waals surface area (Å²) in [6.07, 6.45) is 5.04.